The summed E-state index contributed by atoms with van der Waals surface area (Å²) in [5, 5.41) is 6.88. The summed E-state index contributed by atoms with van der Waals surface area (Å²) in [5.74, 6) is 0.578. The van der Waals surface area contributed by atoms with Gasteiger partial charge in [-0.15, -0.1) is 0 Å². The molecule has 1 amide bonds. The highest BCUT2D eigenvalue weighted by molar-refractivity contribution is 6.41. The molecule has 0 bridgehead atoms. The van der Waals surface area contributed by atoms with Crippen LogP contribution in [0.1, 0.15) is 18.5 Å². The van der Waals surface area contributed by atoms with E-state index in [-0.39, 0.29) is 44.5 Å². The number of anilines is 3. The van der Waals surface area contributed by atoms with Gasteiger partial charge >= 0.3 is 0 Å². The molecule has 0 spiro atoms. The van der Waals surface area contributed by atoms with E-state index in [1.807, 2.05) is 50.2 Å². The maximum Gasteiger partial charge on any atom is 0.260 e. The Balaban J connectivity index is 1.68. The Kier molecular flexibility index (Phi) is 10.4. The lowest BCUT2D eigenvalue weighted by Crippen LogP contribution is -2.27. The van der Waals surface area contributed by atoms with Gasteiger partial charge in [0.05, 0.1) is 47.8 Å². The fraction of sp³-hybridized carbons (Fsp3) is 0.206. The van der Waals surface area contributed by atoms with Crippen molar-refractivity contribution in [1.29, 1.82) is 0 Å². The standard InChI is InChI=1S/C34H33Cl2N7O4/c1-20(21-9-6-10-23(15-21)39-28(44)12-8-14-42(2)3)43-32-22(18-38-34(41-32)40-24-11-7-13-37-19-24)16-25(33(43)45)29-30(35)26(46-4)17-27(47-5)31(29)36/h6-13,15-20H,14H2,1-5H3,(H,39,44)(H,38,40,41)/b12-8+. The molecular formula is C34H33Cl2N7O4. The van der Waals surface area contributed by atoms with Crippen molar-refractivity contribution < 1.29 is 14.3 Å². The molecule has 242 valence electrons. The minimum Gasteiger partial charge on any atom is -0.495 e. The zero-order valence-electron chi connectivity index (χ0n) is 26.4. The van der Waals surface area contributed by atoms with Crippen molar-refractivity contribution in [2.75, 3.05) is 45.5 Å². The van der Waals surface area contributed by atoms with Gasteiger partial charge in [-0.2, -0.15) is 4.98 Å². The second-order valence-electron chi connectivity index (χ2n) is 10.8. The third kappa shape index (κ3) is 7.38. The number of amides is 1. The average Bonchev–Trinajstić information content (AvgIpc) is 3.05. The van der Waals surface area contributed by atoms with Crippen LogP contribution >= 0.6 is 23.2 Å². The summed E-state index contributed by atoms with van der Waals surface area (Å²) in [7, 11) is 6.77. The lowest BCUT2D eigenvalue weighted by atomic mass is 10.0. The van der Waals surface area contributed by atoms with Crippen LogP contribution in [0.15, 0.2) is 84.1 Å². The first-order valence-corrected chi connectivity index (χ1v) is 15.3. The van der Waals surface area contributed by atoms with Crippen molar-refractivity contribution in [2.24, 2.45) is 0 Å². The van der Waals surface area contributed by atoms with Crippen LogP contribution in [-0.4, -0.2) is 65.2 Å². The second kappa shape index (κ2) is 14.6. The smallest absolute Gasteiger partial charge is 0.260 e. The van der Waals surface area contributed by atoms with E-state index in [4.69, 9.17) is 37.7 Å². The minimum atomic E-state index is -0.572. The normalized spacial score (nSPS) is 12.0. The molecule has 0 saturated carbocycles. The van der Waals surface area contributed by atoms with E-state index in [1.54, 1.807) is 53.5 Å². The molecule has 3 heterocycles. The molecule has 1 unspecified atom stereocenters. The Morgan fingerprint density at radius 2 is 1.74 bits per heavy atom. The molecular weight excluding hydrogens is 641 g/mol. The number of fused-ring (bicyclic) bond motifs is 1. The number of halogens is 2. The van der Waals surface area contributed by atoms with E-state index in [1.165, 1.54) is 20.3 Å². The highest BCUT2D eigenvalue weighted by atomic mass is 35.5. The summed E-state index contributed by atoms with van der Waals surface area (Å²) in [6.07, 6.45) is 8.18. The minimum absolute atomic E-state index is 0.150. The molecule has 0 aliphatic heterocycles. The molecule has 47 heavy (non-hydrogen) atoms. The number of nitrogens with zero attached hydrogens (tertiary/aromatic N) is 5. The molecule has 5 aromatic rings. The molecule has 0 saturated heterocycles. The summed E-state index contributed by atoms with van der Waals surface area (Å²) in [4.78, 5) is 42.5. The number of ether oxygens (including phenoxy) is 2. The van der Waals surface area contributed by atoms with Gasteiger partial charge in [-0.25, -0.2) is 4.98 Å². The number of nitrogens with one attached hydrogen (secondary N) is 2. The van der Waals surface area contributed by atoms with Crippen molar-refractivity contribution in [3.05, 3.63) is 105 Å². The maximum atomic E-state index is 14.6. The van der Waals surface area contributed by atoms with Gasteiger partial charge in [0.15, 0.2) is 0 Å². The quantitative estimate of drug-likeness (QED) is 0.150. The Labute approximate surface area is 281 Å². The number of methoxy groups -OCH3 is 2. The fourth-order valence-corrected chi connectivity index (χ4v) is 5.69. The third-order valence-corrected chi connectivity index (χ3v) is 8.05. The first kappa shape index (κ1) is 33.4. The van der Waals surface area contributed by atoms with Crippen LogP contribution in [0, 0.1) is 0 Å². The fourth-order valence-electron chi connectivity index (χ4n) is 4.99. The zero-order chi connectivity index (χ0) is 33.7. The number of aromatic nitrogens is 4. The van der Waals surface area contributed by atoms with Crippen LogP contribution in [0.4, 0.5) is 17.3 Å². The zero-order valence-corrected chi connectivity index (χ0v) is 27.9. The summed E-state index contributed by atoms with van der Waals surface area (Å²) in [6.45, 7) is 2.50. The largest absolute Gasteiger partial charge is 0.495 e. The van der Waals surface area contributed by atoms with Crippen LogP contribution in [0.2, 0.25) is 10.0 Å². The van der Waals surface area contributed by atoms with Gasteiger partial charge in [0.2, 0.25) is 11.9 Å². The van der Waals surface area contributed by atoms with Crippen molar-refractivity contribution in [3.63, 3.8) is 0 Å². The predicted molar refractivity (Wildman–Crippen MR) is 186 cm³/mol. The lowest BCUT2D eigenvalue weighted by Gasteiger charge is -2.21. The summed E-state index contributed by atoms with van der Waals surface area (Å²) in [6, 6.07) is 13.5. The Hall–Kier alpha value is -4.97. The molecule has 0 aliphatic rings. The number of carbonyl (C=O) groups is 1. The number of rotatable bonds is 11. The highest BCUT2D eigenvalue weighted by Crippen LogP contribution is 2.45. The molecule has 11 nitrogen and oxygen atoms in total. The summed E-state index contributed by atoms with van der Waals surface area (Å²) < 4.78 is 12.5. The van der Waals surface area contributed by atoms with Gasteiger partial charge in [0.1, 0.15) is 17.1 Å². The molecule has 0 fully saturated rings. The summed E-state index contributed by atoms with van der Waals surface area (Å²) in [5.41, 5.74) is 2.37. The molecule has 13 heteroatoms. The van der Waals surface area contributed by atoms with Crippen LogP contribution in [-0.2, 0) is 4.79 Å². The number of hydrogen-bond donors (Lipinski definition) is 2. The molecule has 3 aromatic heterocycles. The third-order valence-electron chi connectivity index (χ3n) is 7.30. The van der Waals surface area contributed by atoms with Crippen molar-refractivity contribution in [1.82, 2.24) is 24.4 Å². The van der Waals surface area contributed by atoms with Gasteiger partial charge in [-0.1, -0.05) is 41.4 Å². The monoisotopic (exact) mass is 673 g/mol. The van der Waals surface area contributed by atoms with E-state index in [9.17, 15) is 9.59 Å². The van der Waals surface area contributed by atoms with Gasteiger partial charge in [-0.05, 0) is 56.9 Å². The SMILES string of the molecule is COc1cc(OC)c(Cl)c(-c2cc3cnc(Nc4cccnc4)nc3n(C(C)c3cccc(NC(=O)/C=C/CN(C)C)c3)c2=O)c1Cl. The van der Waals surface area contributed by atoms with Crippen LogP contribution in [0.3, 0.4) is 0 Å². The topological polar surface area (TPSA) is 124 Å². The van der Waals surface area contributed by atoms with E-state index in [2.05, 4.69) is 20.6 Å². The number of likely N-dealkylation sites (N-methyl/N-ethyl adjacent to an activating group) is 1. The molecule has 0 aliphatic carbocycles. The highest BCUT2D eigenvalue weighted by Gasteiger charge is 2.25. The molecule has 2 aromatic carbocycles. The molecule has 0 radical (unpaired) electrons. The van der Waals surface area contributed by atoms with Crippen LogP contribution in [0.25, 0.3) is 22.2 Å². The first-order chi connectivity index (χ1) is 22.6. The van der Waals surface area contributed by atoms with E-state index in [0.717, 1.165) is 5.56 Å². The average molecular weight is 675 g/mol. The number of carbonyl (C=O) groups excluding carboxylic acids is 1. The molecule has 2 N–H and O–H groups in total. The van der Waals surface area contributed by atoms with Gasteiger partial charge in [-0.3, -0.25) is 19.1 Å². The maximum absolute atomic E-state index is 14.6. The van der Waals surface area contributed by atoms with Crippen LogP contribution in [0.5, 0.6) is 11.5 Å². The Morgan fingerprint density at radius 3 is 2.40 bits per heavy atom. The lowest BCUT2D eigenvalue weighted by molar-refractivity contribution is -0.111. The second-order valence-corrected chi connectivity index (χ2v) is 11.6. The first-order valence-electron chi connectivity index (χ1n) is 14.5. The van der Waals surface area contributed by atoms with Crippen molar-refractivity contribution in [3.8, 4) is 22.6 Å². The number of hydrogen-bond acceptors (Lipinski definition) is 9. The van der Waals surface area contributed by atoms with E-state index < -0.39 is 11.6 Å². The number of pyridine rings is 2. The van der Waals surface area contributed by atoms with Gasteiger partial charge in [0.25, 0.3) is 5.56 Å². The van der Waals surface area contributed by atoms with Crippen LogP contribution < -0.4 is 25.7 Å². The number of benzene rings is 2. The van der Waals surface area contributed by atoms with E-state index in [0.29, 0.717) is 29.0 Å². The predicted octanol–water partition coefficient (Wildman–Crippen LogP) is 6.59. The van der Waals surface area contributed by atoms with Gasteiger partial charge in [0, 0.05) is 47.7 Å². The van der Waals surface area contributed by atoms with E-state index >= 15 is 0 Å². The van der Waals surface area contributed by atoms with Gasteiger partial charge < -0.3 is 25.0 Å². The Bertz CT molecular complexity index is 1990. The van der Waals surface area contributed by atoms with Crippen molar-refractivity contribution in [2.45, 2.75) is 13.0 Å². The molecule has 1 atom stereocenters. The summed E-state index contributed by atoms with van der Waals surface area (Å²) >= 11 is 13.6. The molecule has 5 rings (SSSR count). The Morgan fingerprint density at radius 1 is 1.02 bits per heavy atom. The van der Waals surface area contributed by atoms with Crippen molar-refractivity contribution >= 4 is 57.5 Å².